The molecular formula is C10H18N2O2S. The van der Waals surface area contributed by atoms with Gasteiger partial charge in [0.1, 0.15) is 0 Å². The molecule has 2 N–H and O–H groups in total. The van der Waals surface area contributed by atoms with E-state index in [-0.39, 0.29) is 11.9 Å². The highest BCUT2D eigenvalue weighted by atomic mass is 32.2. The summed E-state index contributed by atoms with van der Waals surface area (Å²) in [6, 6.07) is -0.0353. The molecule has 1 aliphatic heterocycles. The van der Waals surface area contributed by atoms with E-state index in [9.17, 15) is 9.00 Å². The van der Waals surface area contributed by atoms with Crippen LogP contribution in [0.2, 0.25) is 0 Å². The Hall–Kier alpha value is -0.680. The van der Waals surface area contributed by atoms with Crippen molar-refractivity contribution in [3.63, 3.8) is 0 Å². The van der Waals surface area contributed by atoms with Crippen molar-refractivity contribution in [2.75, 3.05) is 25.1 Å². The van der Waals surface area contributed by atoms with Crippen LogP contribution in [0.5, 0.6) is 0 Å². The van der Waals surface area contributed by atoms with Gasteiger partial charge in [-0.1, -0.05) is 0 Å². The lowest BCUT2D eigenvalue weighted by atomic mass is 10.0. The summed E-state index contributed by atoms with van der Waals surface area (Å²) in [5.74, 6) is 0.469. The van der Waals surface area contributed by atoms with Crippen molar-refractivity contribution in [3.05, 3.63) is 11.1 Å². The van der Waals surface area contributed by atoms with Gasteiger partial charge in [0.25, 0.3) is 0 Å². The molecule has 0 aromatic rings. The van der Waals surface area contributed by atoms with Gasteiger partial charge in [-0.3, -0.25) is 9.00 Å². The molecule has 1 saturated heterocycles. The number of rotatable bonds is 4. The minimum atomic E-state index is -0.867. The molecule has 0 bridgehead atoms. The largest absolute Gasteiger partial charge is 0.349 e. The molecule has 2 atom stereocenters. The van der Waals surface area contributed by atoms with Gasteiger partial charge in [-0.25, -0.2) is 0 Å². The highest BCUT2D eigenvalue weighted by Gasteiger charge is 2.17. The van der Waals surface area contributed by atoms with Crippen LogP contribution in [-0.4, -0.2) is 41.3 Å². The molecule has 1 heterocycles. The summed E-state index contributed by atoms with van der Waals surface area (Å²) in [5, 5.41) is 5.94. The van der Waals surface area contributed by atoms with Gasteiger partial charge in [-0.05, 0) is 19.4 Å². The van der Waals surface area contributed by atoms with Crippen molar-refractivity contribution in [3.8, 4) is 0 Å². The van der Waals surface area contributed by atoms with Gasteiger partial charge in [0.2, 0.25) is 5.91 Å². The van der Waals surface area contributed by atoms with Gasteiger partial charge in [-0.2, -0.15) is 0 Å². The van der Waals surface area contributed by atoms with E-state index in [1.807, 2.05) is 13.8 Å². The SMILES string of the molecule is CC(C(=O)NC(C)CS(C)=O)=C1CNC1. The molecule has 1 rings (SSSR count). The fourth-order valence-electron chi connectivity index (χ4n) is 1.40. The monoisotopic (exact) mass is 230 g/mol. The Labute approximate surface area is 93.0 Å². The van der Waals surface area contributed by atoms with Gasteiger partial charge >= 0.3 is 0 Å². The smallest absolute Gasteiger partial charge is 0.247 e. The second-order valence-corrected chi connectivity index (χ2v) is 5.43. The Morgan fingerprint density at radius 1 is 1.60 bits per heavy atom. The summed E-state index contributed by atoms with van der Waals surface area (Å²) < 4.78 is 10.9. The first-order valence-corrected chi connectivity index (χ1v) is 6.73. The van der Waals surface area contributed by atoms with E-state index < -0.39 is 10.8 Å². The Morgan fingerprint density at radius 2 is 2.20 bits per heavy atom. The van der Waals surface area contributed by atoms with Gasteiger partial charge in [0.15, 0.2) is 0 Å². The molecule has 0 spiro atoms. The molecule has 0 aromatic heterocycles. The standard InChI is InChI=1S/C10H18N2O2S/c1-7(6-15(3)14)12-10(13)8(2)9-4-11-5-9/h7,11H,4-6H2,1-3H3,(H,12,13). The fraction of sp³-hybridized carbons (Fsp3) is 0.700. The summed E-state index contributed by atoms with van der Waals surface area (Å²) in [5.41, 5.74) is 1.96. The number of hydrogen-bond acceptors (Lipinski definition) is 3. The van der Waals surface area contributed by atoms with E-state index in [1.54, 1.807) is 6.26 Å². The van der Waals surface area contributed by atoms with Crippen LogP contribution in [-0.2, 0) is 15.6 Å². The van der Waals surface area contributed by atoms with E-state index in [2.05, 4.69) is 10.6 Å². The maximum Gasteiger partial charge on any atom is 0.247 e. The van der Waals surface area contributed by atoms with Gasteiger partial charge in [0.05, 0.1) is 0 Å². The third-order valence-electron chi connectivity index (χ3n) is 2.41. The summed E-state index contributed by atoms with van der Waals surface area (Å²) in [6.45, 7) is 5.33. The topological polar surface area (TPSA) is 58.2 Å². The number of nitrogens with one attached hydrogen (secondary N) is 2. The molecule has 0 saturated carbocycles. The van der Waals surface area contributed by atoms with Crippen LogP contribution in [0.25, 0.3) is 0 Å². The normalized spacial score (nSPS) is 19.0. The van der Waals surface area contributed by atoms with Crippen LogP contribution in [0.15, 0.2) is 11.1 Å². The van der Waals surface area contributed by atoms with E-state index in [0.717, 1.165) is 24.2 Å². The van der Waals surface area contributed by atoms with Gasteiger partial charge in [-0.15, -0.1) is 0 Å². The predicted octanol–water partition coefficient (Wildman–Crippen LogP) is -0.211. The molecule has 15 heavy (non-hydrogen) atoms. The van der Waals surface area contributed by atoms with E-state index in [4.69, 9.17) is 0 Å². The van der Waals surface area contributed by atoms with Gasteiger partial charge < -0.3 is 10.6 Å². The lowest BCUT2D eigenvalue weighted by Gasteiger charge is -2.22. The zero-order valence-corrected chi connectivity index (χ0v) is 10.2. The third kappa shape index (κ3) is 3.76. The Balaban J connectivity index is 2.44. The predicted molar refractivity (Wildman–Crippen MR) is 62.1 cm³/mol. The highest BCUT2D eigenvalue weighted by molar-refractivity contribution is 7.84. The van der Waals surface area contributed by atoms with Crippen LogP contribution in [0.3, 0.4) is 0 Å². The van der Waals surface area contributed by atoms with E-state index in [0.29, 0.717) is 5.75 Å². The first-order chi connectivity index (χ1) is 7.00. The first-order valence-electron chi connectivity index (χ1n) is 5.01. The van der Waals surface area contributed by atoms with Crippen molar-refractivity contribution >= 4 is 16.7 Å². The fourth-order valence-corrected chi connectivity index (χ4v) is 2.19. The van der Waals surface area contributed by atoms with Crippen LogP contribution in [0.4, 0.5) is 0 Å². The van der Waals surface area contributed by atoms with Crippen molar-refractivity contribution in [2.45, 2.75) is 19.9 Å². The quantitative estimate of drug-likeness (QED) is 0.657. The molecular weight excluding hydrogens is 212 g/mol. The molecule has 1 fully saturated rings. The average molecular weight is 230 g/mol. The lowest BCUT2D eigenvalue weighted by Crippen LogP contribution is -2.41. The summed E-state index contributed by atoms with van der Waals surface area (Å²) >= 11 is 0. The summed E-state index contributed by atoms with van der Waals surface area (Å²) in [4.78, 5) is 11.7. The molecule has 1 aliphatic rings. The van der Waals surface area contributed by atoms with Crippen molar-refractivity contribution in [2.24, 2.45) is 0 Å². The highest BCUT2D eigenvalue weighted by Crippen LogP contribution is 2.08. The van der Waals surface area contributed by atoms with Crippen molar-refractivity contribution in [1.29, 1.82) is 0 Å². The van der Waals surface area contributed by atoms with Crippen molar-refractivity contribution < 1.29 is 9.00 Å². The van der Waals surface area contributed by atoms with E-state index in [1.165, 1.54) is 0 Å². The second-order valence-electron chi connectivity index (χ2n) is 3.95. The van der Waals surface area contributed by atoms with Crippen LogP contribution < -0.4 is 10.6 Å². The minimum Gasteiger partial charge on any atom is -0.349 e. The average Bonchev–Trinajstić information content (AvgIpc) is 1.98. The van der Waals surface area contributed by atoms with Gasteiger partial charge in [0, 0.05) is 47.5 Å². The maximum absolute atomic E-state index is 11.7. The van der Waals surface area contributed by atoms with E-state index >= 15 is 0 Å². The third-order valence-corrected chi connectivity index (χ3v) is 3.38. The molecule has 86 valence electrons. The summed E-state index contributed by atoms with van der Waals surface area (Å²) in [7, 11) is -0.867. The Bertz CT molecular complexity index is 307. The number of hydrogen-bond donors (Lipinski definition) is 2. The number of carbonyl (C=O) groups excluding carboxylic acids is 1. The molecule has 0 aliphatic carbocycles. The minimum absolute atomic E-state index is 0.0353. The zero-order valence-electron chi connectivity index (χ0n) is 9.42. The Kier molecular flexibility index (Phi) is 4.47. The Morgan fingerprint density at radius 3 is 2.60 bits per heavy atom. The van der Waals surface area contributed by atoms with Crippen LogP contribution >= 0.6 is 0 Å². The molecule has 4 nitrogen and oxygen atoms in total. The molecule has 5 heteroatoms. The second kappa shape index (κ2) is 5.42. The first kappa shape index (κ1) is 12.4. The molecule has 0 radical (unpaired) electrons. The molecule has 1 amide bonds. The van der Waals surface area contributed by atoms with Crippen LogP contribution in [0, 0.1) is 0 Å². The number of carbonyl (C=O) groups is 1. The summed E-state index contributed by atoms with van der Waals surface area (Å²) in [6.07, 6.45) is 1.64. The maximum atomic E-state index is 11.7. The van der Waals surface area contributed by atoms with Crippen LogP contribution in [0.1, 0.15) is 13.8 Å². The van der Waals surface area contributed by atoms with Crippen molar-refractivity contribution in [1.82, 2.24) is 10.6 Å². The molecule has 0 aromatic carbocycles. The zero-order chi connectivity index (χ0) is 11.4. The lowest BCUT2D eigenvalue weighted by molar-refractivity contribution is -0.118. The number of amides is 1. The molecule has 2 unspecified atom stereocenters.